The molecule has 1 aliphatic rings. The highest BCUT2D eigenvalue weighted by molar-refractivity contribution is 5.44. The maximum absolute atomic E-state index is 5.37. The summed E-state index contributed by atoms with van der Waals surface area (Å²) < 4.78 is 10.5. The van der Waals surface area contributed by atoms with Gasteiger partial charge < -0.3 is 25.0 Å². The third kappa shape index (κ3) is 4.68. The van der Waals surface area contributed by atoms with Crippen molar-refractivity contribution in [1.29, 1.82) is 0 Å². The van der Waals surface area contributed by atoms with Crippen LogP contribution in [-0.2, 0) is 9.47 Å². The van der Waals surface area contributed by atoms with Crippen LogP contribution in [-0.4, -0.2) is 67.6 Å². The molecule has 8 nitrogen and oxygen atoms in total. The topological polar surface area (TPSA) is 84.4 Å². The quantitative estimate of drug-likeness (QED) is 0.756. The summed E-state index contributed by atoms with van der Waals surface area (Å²) in [6.07, 6.45) is 0. The van der Waals surface area contributed by atoms with Crippen molar-refractivity contribution < 1.29 is 9.47 Å². The molecule has 8 heteroatoms. The van der Waals surface area contributed by atoms with Gasteiger partial charge >= 0.3 is 0 Å². The summed E-state index contributed by atoms with van der Waals surface area (Å²) in [5.74, 6) is 1.82. The van der Waals surface area contributed by atoms with Crippen LogP contribution in [0.1, 0.15) is 13.8 Å². The van der Waals surface area contributed by atoms with Crippen LogP contribution in [0.5, 0.6) is 0 Å². The van der Waals surface area contributed by atoms with Crippen LogP contribution in [0.15, 0.2) is 0 Å². The van der Waals surface area contributed by atoms with Gasteiger partial charge in [0.1, 0.15) is 0 Å². The third-order valence-corrected chi connectivity index (χ3v) is 3.04. The molecule has 2 heterocycles. The van der Waals surface area contributed by atoms with Gasteiger partial charge in [-0.2, -0.15) is 15.0 Å². The fraction of sp³-hybridized carbons (Fsp3) is 0.769. The molecule has 118 valence electrons. The lowest BCUT2D eigenvalue weighted by Gasteiger charge is -2.27. The van der Waals surface area contributed by atoms with Gasteiger partial charge in [-0.15, -0.1) is 0 Å². The van der Waals surface area contributed by atoms with E-state index >= 15 is 0 Å². The molecule has 0 aliphatic carbocycles. The zero-order chi connectivity index (χ0) is 15.1. The number of hydrogen-bond donors (Lipinski definition) is 2. The molecular formula is C13H24N6O2. The van der Waals surface area contributed by atoms with Gasteiger partial charge in [-0.05, 0) is 13.8 Å². The maximum Gasteiger partial charge on any atom is 0.232 e. The van der Waals surface area contributed by atoms with Crippen molar-refractivity contribution >= 4 is 17.8 Å². The molecule has 1 saturated heterocycles. The van der Waals surface area contributed by atoms with E-state index in [1.54, 1.807) is 7.11 Å². The molecule has 1 fully saturated rings. The number of ether oxygens (including phenoxy) is 2. The van der Waals surface area contributed by atoms with Gasteiger partial charge in [0, 0.05) is 32.8 Å². The van der Waals surface area contributed by atoms with E-state index in [4.69, 9.17) is 9.47 Å². The SMILES string of the molecule is CCNc1nc(NC(C)COC)nc(N2CCOCC2)n1. The zero-order valence-electron chi connectivity index (χ0n) is 12.9. The average Bonchev–Trinajstić information content (AvgIpc) is 2.48. The lowest BCUT2D eigenvalue weighted by molar-refractivity contribution is 0.122. The first kappa shape index (κ1) is 15.7. The Morgan fingerprint density at radius 2 is 1.95 bits per heavy atom. The van der Waals surface area contributed by atoms with E-state index in [0.717, 1.165) is 19.6 Å². The van der Waals surface area contributed by atoms with Crippen LogP contribution < -0.4 is 15.5 Å². The van der Waals surface area contributed by atoms with E-state index in [-0.39, 0.29) is 6.04 Å². The molecule has 1 aromatic rings. The molecule has 0 bridgehead atoms. The molecule has 1 aliphatic heterocycles. The van der Waals surface area contributed by atoms with E-state index in [1.807, 2.05) is 13.8 Å². The maximum atomic E-state index is 5.37. The third-order valence-electron chi connectivity index (χ3n) is 3.04. The lowest BCUT2D eigenvalue weighted by Crippen LogP contribution is -2.37. The smallest absolute Gasteiger partial charge is 0.232 e. The predicted molar refractivity (Wildman–Crippen MR) is 82.0 cm³/mol. The van der Waals surface area contributed by atoms with Crippen molar-refractivity contribution in [2.75, 3.05) is 62.1 Å². The van der Waals surface area contributed by atoms with Gasteiger partial charge in [0.25, 0.3) is 0 Å². The van der Waals surface area contributed by atoms with Gasteiger partial charge in [-0.25, -0.2) is 0 Å². The van der Waals surface area contributed by atoms with Crippen LogP contribution in [0.25, 0.3) is 0 Å². The molecule has 0 radical (unpaired) electrons. The van der Waals surface area contributed by atoms with Gasteiger partial charge in [-0.3, -0.25) is 0 Å². The Morgan fingerprint density at radius 3 is 2.62 bits per heavy atom. The summed E-state index contributed by atoms with van der Waals surface area (Å²) in [5.41, 5.74) is 0. The highest BCUT2D eigenvalue weighted by atomic mass is 16.5. The van der Waals surface area contributed by atoms with Crippen molar-refractivity contribution in [2.24, 2.45) is 0 Å². The van der Waals surface area contributed by atoms with E-state index < -0.39 is 0 Å². The van der Waals surface area contributed by atoms with Crippen LogP contribution in [0.2, 0.25) is 0 Å². The first-order valence-corrected chi connectivity index (χ1v) is 7.31. The summed E-state index contributed by atoms with van der Waals surface area (Å²) in [7, 11) is 1.68. The number of aromatic nitrogens is 3. The minimum Gasteiger partial charge on any atom is -0.383 e. The summed E-state index contributed by atoms with van der Waals surface area (Å²) in [6, 6.07) is 0.129. The number of hydrogen-bond acceptors (Lipinski definition) is 8. The van der Waals surface area contributed by atoms with Gasteiger partial charge in [-0.1, -0.05) is 0 Å². The molecule has 2 rings (SSSR count). The minimum absolute atomic E-state index is 0.129. The Kier molecular flexibility index (Phi) is 5.94. The largest absolute Gasteiger partial charge is 0.383 e. The Balaban J connectivity index is 2.16. The van der Waals surface area contributed by atoms with Gasteiger partial charge in [0.05, 0.1) is 19.8 Å². The molecule has 0 aromatic carbocycles. The average molecular weight is 296 g/mol. The van der Waals surface area contributed by atoms with Crippen molar-refractivity contribution in [3.63, 3.8) is 0 Å². The normalized spacial score (nSPS) is 16.6. The van der Waals surface area contributed by atoms with Gasteiger partial charge in [0.15, 0.2) is 0 Å². The number of nitrogens with one attached hydrogen (secondary N) is 2. The molecule has 0 amide bonds. The van der Waals surface area contributed by atoms with Crippen LogP contribution >= 0.6 is 0 Å². The summed E-state index contributed by atoms with van der Waals surface area (Å²) in [4.78, 5) is 15.5. The summed E-state index contributed by atoms with van der Waals surface area (Å²) >= 11 is 0. The first-order chi connectivity index (χ1) is 10.2. The Hall–Kier alpha value is -1.67. The minimum atomic E-state index is 0.129. The standard InChI is InChI=1S/C13H24N6O2/c1-4-14-11-16-12(15-10(2)9-20-3)18-13(17-11)19-5-7-21-8-6-19/h10H,4-9H2,1-3H3,(H2,14,15,16,17,18). The Labute approximate surface area is 125 Å². The van der Waals surface area contributed by atoms with Crippen molar-refractivity contribution in [1.82, 2.24) is 15.0 Å². The molecule has 0 spiro atoms. The second-order valence-electron chi connectivity index (χ2n) is 4.91. The van der Waals surface area contributed by atoms with Gasteiger partial charge in [0.2, 0.25) is 17.8 Å². The number of rotatable bonds is 7. The zero-order valence-corrected chi connectivity index (χ0v) is 12.9. The van der Waals surface area contributed by atoms with Crippen LogP contribution in [0, 0.1) is 0 Å². The molecule has 1 unspecified atom stereocenters. The fourth-order valence-electron chi connectivity index (χ4n) is 2.08. The van der Waals surface area contributed by atoms with E-state index in [2.05, 4.69) is 30.5 Å². The van der Waals surface area contributed by atoms with E-state index in [0.29, 0.717) is 37.7 Å². The molecule has 1 atom stereocenters. The van der Waals surface area contributed by atoms with E-state index in [9.17, 15) is 0 Å². The number of anilines is 3. The number of methoxy groups -OCH3 is 1. The highest BCUT2D eigenvalue weighted by Crippen LogP contribution is 2.15. The summed E-state index contributed by atoms with van der Waals surface area (Å²) in [6.45, 7) is 8.38. The van der Waals surface area contributed by atoms with Crippen molar-refractivity contribution in [3.05, 3.63) is 0 Å². The summed E-state index contributed by atoms with van der Waals surface area (Å²) in [5, 5.41) is 6.38. The first-order valence-electron chi connectivity index (χ1n) is 7.31. The monoisotopic (exact) mass is 296 g/mol. The molecule has 2 N–H and O–H groups in total. The Morgan fingerprint density at radius 1 is 1.24 bits per heavy atom. The highest BCUT2D eigenvalue weighted by Gasteiger charge is 2.17. The second kappa shape index (κ2) is 7.94. The second-order valence-corrected chi connectivity index (χ2v) is 4.91. The molecule has 1 aromatic heterocycles. The lowest BCUT2D eigenvalue weighted by atomic mass is 10.4. The fourth-order valence-corrected chi connectivity index (χ4v) is 2.08. The van der Waals surface area contributed by atoms with Crippen LogP contribution in [0.4, 0.5) is 17.8 Å². The van der Waals surface area contributed by atoms with Crippen molar-refractivity contribution in [2.45, 2.75) is 19.9 Å². The number of nitrogens with zero attached hydrogens (tertiary/aromatic N) is 4. The van der Waals surface area contributed by atoms with E-state index in [1.165, 1.54) is 0 Å². The Bertz CT molecular complexity index is 439. The molecule has 0 saturated carbocycles. The molecular weight excluding hydrogens is 272 g/mol. The molecule has 21 heavy (non-hydrogen) atoms. The van der Waals surface area contributed by atoms with Crippen LogP contribution in [0.3, 0.4) is 0 Å². The van der Waals surface area contributed by atoms with Crippen molar-refractivity contribution in [3.8, 4) is 0 Å². The predicted octanol–water partition coefficient (Wildman–Crippen LogP) is 0.587. The number of morpholine rings is 1.